The van der Waals surface area contributed by atoms with Crippen molar-refractivity contribution in [3.05, 3.63) is 54.7 Å². The lowest BCUT2D eigenvalue weighted by atomic mass is 10.1. The predicted octanol–water partition coefficient (Wildman–Crippen LogP) is 3.42. The number of aliphatic hydroxyl groups excluding tert-OH is 1. The number of nitrogens with one attached hydrogen (secondary N) is 3. The topological polar surface area (TPSA) is 135 Å². The second kappa shape index (κ2) is 11.5. The van der Waals surface area contributed by atoms with Crippen LogP contribution in [-0.4, -0.2) is 57.6 Å². The Kier molecular flexibility index (Phi) is 8.50. The molecule has 0 radical (unpaired) electrons. The molecule has 0 spiro atoms. The Bertz CT molecular complexity index is 1250. The van der Waals surface area contributed by atoms with Crippen LogP contribution in [0.3, 0.4) is 0 Å². The fraction of sp³-hybridized carbons (Fsp3) is 0.250. The highest BCUT2D eigenvalue weighted by molar-refractivity contribution is 7.99. The summed E-state index contributed by atoms with van der Waals surface area (Å²) in [5.74, 6) is 5.21. The third-order valence-electron chi connectivity index (χ3n) is 4.86. The maximum Gasteiger partial charge on any atom is 0.418 e. The molecule has 0 aliphatic carbocycles. The number of methoxy groups -OCH3 is 1. The van der Waals surface area contributed by atoms with Crippen molar-refractivity contribution in [2.75, 3.05) is 31.0 Å². The molecule has 3 rings (SSSR count). The summed E-state index contributed by atoms with van der Waals surface area (Å²) >= 11 is 0. The van der Waals surface area contributed by atoms with Crippen molar-refractivity contribution in [1.82, 2.24) is 14.7 Å². The van der Waals surface area contributed by atoms with Gasteiger partial charge in [0.05, 0.1) is 30.0 Å². The maximum absolute atomic E-state index is 12.7. The molecule has 2 atom stereocenters. The quantitative estimate of drug-likeness (QED) is 0.309. The van der Waals surface area contributed by atoms with Crippen LogP contribution in [0.1, 0.15) is 13.8 Å². The van der Waals surface area contributed by atoms with Gasteiger partial charge in [0.15, 0.2) is 0 Å². The molecule has 11 heteroatoms. The first kappa shape index (κ1) is 25.8. The number of rotatable bonds is 10. The first-order valence-electron chi connectivity index (χ1n) is 10.8. The average Bonchev–Trinajstić information content (AvgIpc) is 2.84. The van der Waals surface area contributed by atoms with Gasteiger partial charge in [0.2, 0.25) is 5.95 Å². The summed E-state index contributed by atoms with van der Waals surface area (Å²) < 4.78 is 25.0. The van der Waals surface area contributed by atoms with Crippen molar-refractivity contribution in [2.24, 2.45) is 0 Å². The second-order valence-electron chi connectivity index (χ2n) is 7.56. The summed E-state index contributed by atoms with van der Waals surface area (Å²) in [5, 5.41) is 15.8. The summed E-state index contributed by atoms with van der Waals surface area (Å²) in [4.78, 5) is 21.0. The van der Waals surface area contributed by atoms with Crippen LogP contribution in [0, 0.1) is 0 Å². The van der Waals surface area contributed by atoms with Crippen LogP contribution in [0.4, 0.5) is 22.2 Å². The van der Waals surface area contributed by atoms with Gasteiger partial charge in [-0.25, -0.2) is 18.7 Å². The van der Waals surface area contributed by atoms with Gasteiger partial charge in [-0.1, -0.05) is 12.1 Å². The monoisotopic (exact) mass is 499 g/mol. The third-order valence-corrected chi connectivity index (χ3v) is 6.39. The summed E-state index contributed by atoms with van der Waals surface area (Å²) in [7, 11) is -1.46. The SMILES string of the molecule is C=S(=O)(NC(=O)OCC)c1ccc(Nc2ncc(-c3ccc(OC)cc3)c(N[C@H](C)CO)n2)cc1. The Morgan fingerprint density at radius 1 is 1.17 bits per heavy atom. The number of ether oxygens (including phenoxy) is 2. The minimum atomic E-state index is -3.06. The number of nitrogens with zero attached hydrogens (tertiary/aromatic N) is 2. The Morgan fingerprint density at radius 2 is 1.86 bits per heavy atom. The summed E-state index contributed by atoms with van der Waals surface area (Å²) in [6.45, 7) is 3.59. The van der Waals surface area contributed by atoms with Crippen molar-refractivity contribution in [3.63, 3.8) is 0 Å². The minimum Gasteiger partial charge on any atom is -0.497 e. The number of amides is 1. The zero-order chi connectivity index (χ0) is 25.4. The molecule has 3 aromatic rings. The minimum absolute atomic E-state index is 0.0690. The maximum atomic E-state index is 12.7. The molecule has 35 heavy (non-hydrogen) atoms. The van der Waals surface area contributed by atoms with Crippen molar-refractivity contribution in [2.45, 2.75) is 24.8 Å². The highest BCUT2D eigenvalue weighted by Crippen LogP contribution is 2.29. The van der Waals surface area contributed by atoms with E-state index in [0.717, 1.165) is 16.9 Å². The molecule has 186 valence electrons. The lowest BCUT2D eigenvalue weighted by Gasteiger charge is -2.17. The Balaban J connectivity index is 1.83. The first-order chi connectivity index (χ1) is 16.7. The van der Waals surface area contributed by atoms with Crippen LogP contribution in [0.15, 0.2) is 59.6 Å². The Labute approximate surface area is 204 Å². The Hall–Kier alpha value is -3.83. The number of hydrogen-bond acceptors (Lipinski definition) is 9. The largest absolute Gasteiger partial charge is 0.497 e. The fourth-order valence-corrected chi connectivity index (χ4v) is 4.08. The molecule has 1 unspecified atom stereocenters. The molecule has 4 N–H and O–H groups in total. The van der Waals surface area contributed by atoms with Crippen LogP contribution >= 0.6 is 0 Å². The highest BCUT2D eigenvalue weighted by Gasteiger charge is 2.14. The number of carbonyl (C=O) groups is 1. The average molecular weight is 500 g/mol. The number of anilines is 3. The number of aromatic nitrogens is 2. The molecule has 1 amide bonds. The van der Waals surface area contributed by atoms with Crippen LogP contribution in [0.5, 0.6) is 5.75 Å². The van der Waals surface area contributed by atoms with E-state index >= 15 is 0 Å². The van der Waals surface area contributed by atoms with Crippen molar-refractivity contribution < 1.29 is 23.6 Å². The van der Waals surface area contributed by atoms with Crippen molar-refractivity contribution in [3.8, 4) is 16.9 Å². The molecule has 2 aromatic carbocycles. The van der Waals surface area contributed by atoms with E-state index in [1.165, 1.54) is 0 Å². The predicted molar refractivity (Wildman–Crippen MR) is 138 cm³/mol. The number of hydrogen-bond donors (Lipinski definition) is 4. The molecule has 1 heterocycles. The van der Waals surface area contributed by atoms with Crippen LogP contribution in [0.2, 0.25) is 0 Å². The van der Waals surface area contributed by atoms with Gasteiger partial charge in [-0.15, -0.1) is 0 Å². The van der Waals surface area contributed by atoms with E-state index in [9.17, 15) is 14.1 Å². The summed E-state index contributed by atoms with van der Waals surface area (Å²) in [5.41, 5.74) is 2.28. The fourth-order valence-electron chi connectivity index (χ4n) is 3.05. The van der Waals surface area contributed by atoms with E-state index in [1.54, 1.807) is 44.5 Å². The van der Waals surface area contributed by atoms with E-state index in [0.29, 0.717) is 22.3 Å². The Morgan fingerprint density at radius 3 is 2.46 bits per heavy atom. The molecule has 10 nitrogen and oxygen atoms in total. The number of aliphatic hydroxyl groups is 1. The summed E-state index contributed by atoms with van der Waals surface area (Å²) in [6, 6.07) is 13.8. The molecule has 0 saturated heterocycles. The van der Waals surface area contributed by atoms with Gasteiger partial charge in [0, 0.05) is 28.4 Å². The van der Waals surface area contributed by atoms with Crippen LogP contribution in [0.25, 0.3) is 11.1 Å². The van der Waals surface area contributed by atoms with E-state index in [2.05, 4.69) is 31.2 Å². The standard InChI is InChI=1S/C24H29N5O5S/c1-5-34-24(31)29-35(4,32)20-12-8-18(9-13-20)27-23-25-14-21(22(28-23)26-16(2)15-30)17-6-10-19(33-3)11-7-17/h6-14,16,30H,4-5,15H2,1-3H3,(H,29,31,32)(H2,25,26,27,28)/t16-,35?/m1/s1. The van der Waals surface area contributed by atoms with Crippen LogP contribution in [-0.2, 0) is 14.4 Å². The molecule has 0 aliphatic heterocycles. The van der Waals surface area contributed by atoms with Gasteiger partial charge in [-0.2, -0.15) is 4.98 Å². The molecule has 0 aliphatic rings. The van der Waals surface area contributed by atoms with E-state index in [1.807, 2.05) is 31.2 Å². The van der Waals surface area contributed by atoms with Gasteiger partial charge in [0.1, 0.15) is 11.6 Å². The lowest BCUT2D eigenvalue weighted by Crippen LogP contribution is -2.30. The zero-order valence-electron chi connectivity index (χ0n) is 19.8. The van der Waals surface area contributed by atoms with Gasteiger partial charge in [-0.05, 0) is 61.7 Å². The molecular formula is C24H29N5O5S. The number of carbonyl (C=O) groups excluding carboxylic acids is 1. The molecule has 0 fully saturated rings. The van der Waals surface area contributed by atoms with Gasteiger partial charge < -0.3 is 25.2 Å². The molecule has 0 bridgehead atoms. The summed E-state index contributed by atoms with van der Waals surface area (Å²) in [6.07, 6.45) is 0.890. The van der Waals surface area contributed by atoms with E-state index in [4.69, 9.17) is 9.47 Å². The van der Waals surface area contributed by atoms with Gasteiger partial charge >= 0.3 is 6.09 Å². The number of benzene rings is 2. The third kappa shape index (κ3) is 6.84. The van der Waals surface area contributed by atoms with Crippen molar-refractivity contribution in [1.29, 1.82) is 0 Å². The molecular weight excluding hydrogens is 470 g/mol. The van der Waals surface area contributed by atoms with E-state index in [-0.39, 0.29) is 19.3 Å². The van der Waals surface area contributed by atoms with Crippen molar-refractivity contribution >= 4 is 39.1 Å². The van der Waals surface area contributed by atoms with Gasteiger partial charge in [0.25, 0.3) is 0 Å². The second-order valence-corrected chi connectivity index (χ2v) is 9.59. The van der Waals surface area contributed by atoms with Gasteiger partial charge in [-0.3, -0.25) is 0 Å². The smallest absolute Gasteiger partial charge is 0.418 e. The zero-order valence-corrected chi connectivity index (χ0v) is 20.6. The molecule has 0 saturated carbocycles. The van der Waals surface area contributed by atoms with Crippen LogP contribution < -0.4 is 20.1 Å². The molecule has 1 aromatic heterocycles. The highest BCUT2D eigenvalue weighted by atomic mass is 32.2. The van der Waals surface area contributed by atoms with E-state index < -0.39 is 15.8 Å². The first-order valence-corrected chi connectivity index (χ1v) is 12.6. The lowest BCUT2D eigenvalue weighted by molar-refractivity contribution is 0.159. The normalized spacial score (nSPS) is 13.3.